The van der Waals surface area contributed by atoms with E-state index < -0.39 is 0 Å². The minimum Gasteiger partial charge on any atom is -0.368 e. The normalized spacial score (nSPS) is 10.2. The molecule has 8 heteroatoms. The van der Waals surface area contributed by atoms with E-state index in [1.165, 1.54) is 6.92 Å². The predicted octanol–water partition coefficient (Wildman–Crippen LogP) is 1.29. The Hall–Kier alpha value is -2.35. The highest BCUT2D eigenvalue weighted by atomic mass is 32.2. The summed E-state index contributed by atoms with van der Waals surface area (Å²) in [6.45, 7) is 1.47. The summed E-state index contributed by atoms with van der Waals surface area (Å²) in [4.78, 5) is 23.7. The van der Waals surface area contributed by atoms with Crippen LogP contribution in [0.15, 0.2) is 29.2 Å². The topological polar surface area (TPSA) is 120 Å². The largest absolute Gasteiger partial charge is 0.368 e. The molecule has 0 fully saturated rings. The SMILES string of the molecule is CC(=O)Nc1ccc(SCc2nc(N)nc(N)n2)cc1. The van der Waals surface area contributed by atoms with Crippen LogP contribution in [0.3, 0.4) is 0 Å². The van der Waals surface area contributed by atoms with E-state index in [1.807, 2.05) is 24.3 Å². The molecule has 20 heavy (non-hydrogen) atoms. The lowest BCUT2D eigenvalue weighted by molar-refractivity contribution is -0.114. The van der Waals surface area contributed by atoms with E-state index in [4.69, 9.17) is 11.5 Å². The van der Waals surface area contributed by atoms with Crippen LogP contribution in [0, 0.1) is 0 Å². The van der Waals surface area contributed by atoms with Crippen molar-refractivity contribution in [3.8, 4) is 0 Å². The smallest absolute Gasteiger partial charge is 0.225 e. The molecule has 0 radical (unpaired) electrons. The van der Waals surface area contributed by atoms with Crippen molar-refractivity contribution in [1.29, 1.82) is 0 Å². The van der Waals surface area contributed by atoms with Crippen LogP contribution in [0.2, 0.25) is 0 Å². The first kappa shape index (κ1) is 14.1. The quantitative estimate of drug-likeness (QED) is 0.725. The average molecular weight is 290 g/mol. The second-order valence-electron chi connectivity index (χ2n) is 3.96. The number of carbonyl (C=O) groups excluding carboxylic acids is 1. The molecule has 5 N–H and O–H groups in total. The molecule has 104 valence electrons. The second kappa shape index (κ2) is 6.20. The Balaban J connectivity index is 1.98. The molecular weight excluding hydrogens is 276 g/mol. The van der Waals surface area contributed by atoms with Gasteiger partial charge in [-0.05, 0) is 24.3 Å². The Kier molecular flexibility index (Phi) is 4.36. The fourth-order valence-corrected chi connectivity index (χ4v) is 2.26. The van der Waals surface area contributed by atoms with Gasteiger partial charge in [0.25, 0.3) is 0 Å². The number of anilines is 3. The molecule has 2 aromatic rings. The lowest BCUT2D eigenvalue weighted by Gasteiger charge is -2.05. The molecule has 0 aliphatic rings. The minimum atomic E-state index is -0.0958. The molecule has 0 unspecified atom stereocenters. The molecule has 1 amide bonds. The van der Waals surface area contributed by atoms with E-state index in [1.54, 1.807) is 11.8 Å². The minimum absolute atomic E-state index is 0.0958. The van der Waals surface area contributed by atoms with Gasteiger partial charge in [0, 0.05) is 17.5 Å². The fraction of sp³-hybridized carbons (Fsp3) is 0.167. The van der Waals surface area contributed by atoms with E-state index in [0.717, 1.165) is 10.6 Å². The van der Waals surface area contributed by atoms with Gasteiger partial charge < -0.3 is 16.8 Å². The Morgan fingerprint density at radius 1 is 1.15 bits per heavy atom. The van der Waals surface area contributed by atoms with E-state index in [2.05, 4.69) is 20.3 Å². The molecule has 0 bridgehead atoms. The summed E-state index contributed by atoms with van der Waals surface area (Å²) in [5.41, 5.74) is 11.8. The summed E-state index contributed by atoms with van der Waals surface area (Å²) in [5.74, 6) is 1.21. The van der Waals surface area contributed by atoms with Crippen molar-refractivity contribution in [3.63, 3.8) is 0 Å². The number of aromatic nitrogens is 3. The monoisotopic (exact) mass is 290 g/mol. The van der Waals surface area contributed by atoms with E-state index >= 15 is 0 Å². The number of amides is 1. The third-order valence-electron chi connectivity index (χ3n) is 2.26. The number of benzene rings is 1. The molecule has 2 rings (SSSR count). The predicted molar refractivity (Wildman–Crippen MR) is 79.0 cm³/mol. The van der Waals surface area contributed by atoms with Crippen molar-refractivity contribution in [2.75, 3.05) is 16.8 Å². The van der Waals surface area contributed by atoms with Gasteiger partial charge in [0.05, 0.1) is 5.75 Å². The first-order chi connectivity index (χ1) is 9.52. The number of nitrogen functional groups attached to an aromatic ring is 2. The van der Waals surface area contributed by atoms with Gasteiger partial charge in [-0.25, -0.2) is 0 Å². The lowest BCUT2D eigenvalue weighted by Crippen LogP contribution is -2.06. The van der Waals surface area contributed by atoms with Crippen LogP contribution in [0.1, 0.15) is 12.7 Å². The van der Waals surface area contributed by atoms with Crippen molar-refractivity contribution in [3.05, 3.63) is 30.1 Å². The molecule has 0 saturated carbocycles. The molecule has 0 aliphatic heterocycles. The van der Waals surface area contributed by atoms with Crippen LogP contribution in [-0.2, 0) is 10.5 Å². The first-order valence-electron chi connectivity index (χ1n) is 5.79. The van der Waals surface area contributed by atoms with Crippen molar-refractivity contribution >= 4 is 35.3 Å². The third kappa shape index (κ3) is 4.09. The zero-order valence-corrected chi connectivity index (χ0v) is 11.6. The third-order valence-corrected chi connectivity index (χ3v) is 3.27. The van der Waals surface area contributed by atoms with Crippen LogP contribution < -0.4 is 16.8 Å². The number of thioether (sulfide) groups is 1. The van der Waals surface area contributed by atoms with Crippen LogP contribution in [0.5, 0.6) is 0 Å². The van der Waals surface area contributed by atoms with Crippen molar-refractivity contribution in [2.45, 2.75) is 17.6 Å². The van der Waals surface area contributed by atoms with Crippen molar-refractivity contribution in [1.82, 2.24) is 15.0 Å². The van der Waals surface area contributed by atoms with Gasteiger partial charge in [0.2, 0.25) is 17.8 Å². The van der Waals surface area contributed by atoms with E-state index in [0.29, 0.717) is 11.6 Å². The van der Waals surface area contributed by atoms with Gasteiger partial charge in [-0.2, -0.15) is 15.0 Å². The van der Waals surface area contributed by atoms with Gasteiger partial charge in [0.15, 0.2) is 0 Å². The summed E-state index contributed by atoms with van der Waals surface area (Å²) in [5, 5.41) is 2.71. The average Bonchev–Trinajstić information content (AvgIpc) is 2.36. The van der Waals surface area contributed by atoms with Gasteiger partial charge >= 0.3 is 0 Å². The molecule has 1 aromatic carbocycles. The number of carbonyl (C=O) groups is 1. The number of rotatable bonds is 4. The Morgan fingerprint density at radius 3 is 2.30 bits per heavy atom. The molecular formula is C12H14N6OS. The summed E-state index contributed by atoms with van der Waals surface area (Å²) < 4.78 is 0. The fourth-order valence-electron chi connectivity index (χ4n) is 1.51. The Morgan fingerprint density at radius 2 is 1.75 bits per heavy atom. The number of nitrogens with zero attached hydrogens (tertiary/aromatic N) is 3. The molecule has 7 nitrogen and oxygen atoms in total. The van der Waals surface area contributed by atoms with Crippen LogP contribution >= 0.6 is 11.8 Å². The standard InChI is InChI=1S/C12H14N6OS/c1-7(19)15-8-2-4-9(5-3-8)20-6-10-16-11(13)18-12(14)17-10/h2-5H,6H2,1H3,(H,15,19)(H4,13,14,16,17,18). The summed E-state index contributed by atoms with van der Waals surface area (Å²) in [6.07, 6.45) is 0. The highest BCUT2D eigenvalue weighted by Gasteiger charge is 2.03. The summed E-state index contributed by atoms with van der Waals surface area (Å²) in [7, 11) is 0. The maximum Gasteiger partial charge on any atom is 0.225 e. The molecule has 1 heterocycles. The summed E-state index contributed by atoms with van der Waals surface area (Å²) >= 11 is 1.54. The maximum absolute atomic E-state index is 10.9. The first-order valence-corrected chi connectivity index (χ1v) is 6.78. The number of nitrogens with two attached hydrogens (primary N) is 2. The van der Waals surface area contributed by atoms with Gasteiger partial charge in [-0.3, -0.25) is 4.79 Å². The maximum atomic E-state index is 10.9. The Labute approximate surface area is 120 Å². The van der Waals surface area contributed by atoms with E-state index in [-0.39, 0.29) is 17.8 Å². The van der Waals surface area contributed by atoms with Crippen LogP contribution in [-0.4, -0.2) is 20.9 Å². The van der Waals surface area contributed by atoms with Crippen LogP contribution in [0.25, 0.3) is 0 Å². The Bertz CT molecular complexity index is 596. The number of hydrogen-bond acceptors (Lipinski definition) is 7. The van der Waals surface area contributed by atoms with Crippen LogP contribution in [0.4, 0.5) is 17.6 Å². The molecule has 0 spiro atoms. The van der Waals surface area contributed by atoms with E-state index in [9.17, 15) is 4.79 Å². The number of hydrogen-bond donors (Lipinski definition) is 3. The highest BCUT2D eigenvalue weighted by Crippen LogP contribution is 2.23. The molecule has 0 aliphatic carbocycles. The highest BCUT2D eigenvalue weighted by molar-refractivity contribution is 7.98. The van der Waals surface area contributed by atoms with Gasteiger partial charge in [-0.15, -0.1) is 11.8 Å². The van der Waals surface area contributed by atoms with Gasteiger partial charge in [-0.1, -0.05) is 0 Å². The zero-order chi connectivity index (χ0) is 14.5. The van der Waals surface area contributed by atoms with Crippen molar-refractivity contribution in [2.24, 2.45) is 0 Å². The van der Waals surface area contributed by atoms with Gasteiger partial charge in [0.1, 0.15) is 5.82 Å². The summed E-state index contributed by atoms with van der Waals surface area (Å²) in [6, 6.07) is 7.48. The number of nitrogens with one attached hydrogen (secondary N) is 1. The lowest BCUT2D eigenvalue weighted by atomic mass is 10.3. The zero-order valence-electron chi connectivity index (χ0n) is 10.8. The van der Waals surface area contributed by atoms with Crippen molar-refractivity contribution < 1.29 is 4.79 Å². The molecule has 0 atom stereocenters. The molecule has 1 aromatic heterocycles. The second-order valence-corrected chi connectivity index (χ2v) is 5.01. The molecule has 0 saturated heterocycles.